The molecular formula is C14H17N5S. The Morgan fingerprint density at radius 2 is 2.15 bits per heavy atom. The summed E-state index contributed by atoms with van der Waals surface area (Å²) < 4.78 is 1.94. The molecule has 0 atom stereocenters. The quantitative estimate of drug-likeness (QED) is 0.801. The Hall–Kier alpha value is -1.95. The van der Waals surface area contributed by atoms with E-state index in [0.717, 1.165) is 39.8 Å². The molecule has 0 fully saturated rings. The third kappa shape index (κ3) is 2.38. The number of hydrogen-bond donors (Lipinski definition) is 1. The standard InChI is InChI=1S/C14H17N5S/c1-4-15-13-11-5-6-20-14(11)17-12(16-13)8-19-10(3)7-9(2)18-19/h5-7H,4,8H2,1-3H3,(H,15,16,17). The molecule has 3 aromatic rings. The van der Waals surface area contributed by atoms with Crippen LogP contribution < -0.4 is 5.32 Å². The van der Waals surface area contributed by atoms with Gasteiger partial charge in [0.1, 0.15) is 17.2 Å². The SMILES string of the molecule is CCNc1nc(Cn2nc(C)cc2C)nc2sccc12. The van der Waals surface area contributed by atoms with Crippen LogP contribution in [0, 0.1) is 13.8 Å². The van der Waals surface area contributed by atoms with E-state index < -0.39 is 0 Å². The Labute approximate surface area is 121 Å². The summed E-state index contributed by atoms with van der Waals surface area (Å²) >= 11 is 1.64. The van der Waals surface area contributed by atoms with Gasteiger partial charge in [-0.05, 0) is 38.3 Å². The lowest BCUT2D eigenvalue weighted by molar-refractivity contribution is 0.635. The molecule has 3 aromatic heterocycles. The van der Waals surface area contributed by atoms with Crippen LogP contribution in [0.2, 0.25) is 0 Å². The first-order valence-electron chi connectivity index (χ1n) is 6.66. The molecule has 0 aliphatic rings. The van der Waals surface area contributed by atoms with Gasteiger partial charge in [-0.1, -0.05) is 0 Å². The second kappa shape index (κ2) is 5.20. The first-order valence-corrected chi connectivity index (χ1v) is 7.54. The van der Waals surface area contributed by atoms with Crippen molar-refractivity contribution in [3.63, 3.8) is 0 Å². The summed E-state index contributed by atoms with van der Waals surface area (Å²) in [6, 6.07) is 4.12. The van der Waals surface area contributed by atoms with Crippen LogP contribution in [0.4, 0.5) is 5.82 Å². The van der Waals surface area contributed by atoms with Crippen molar-refractivity contribution >= 4 is 27.4 Å². The van der Waals surface area contributed by atoms with Gasteiger partial charge in [0.05, 0.1) is 11.1 Å². The van der Waals surface area contributed by atoms with E-state index >= 15 is 0 Å². The molecule has 0 spiro atoms. The van der Waals surface area contributed by atoms with Gasteiger partial charge in [-0.3, -0.25) is 4.68 Å². The maximum Gasteiger partial charge on any atom is 0.153 e. The first kappa shape index (κ1) is 13.1. The Morgan fingerprint density at radius 1 is 1.30 bits per heavy atom. The first-order chi connectivity index (χ1) is 9.67. The Bertz CT molecular complexity index is 743. The highest BCUT2D eigenvalue weighted by Crippen LogP contribution is 2.25. The summed E-state index contributed by atoms with van der Waals surface area (Å²) in [4.78, 5) is 10.3. The summed E-state index contributed by atoms with van der Waals surface area (Å²) in [5.74, 6) is 1.71. The van der Waals surface area contributed by atoms with Gasteiger partial charge in [0.15, 0.2) is 5.82 Å². The number of nitrogens with one attached hydrogen (secondary N) is 1. The predicted molar refractivity (Wildman–Crippen MR) is 82.4 cm³/mol. The van der Waals surface area contributed by atoms with Crippen molar-refractivity contribution in [2.45, 2.75) is 27.3 Å². The van der Waals surface area contributed by atoms with E-state index in [9.17, 15) is 0 Å². The zero-order valence-electron chi connectivity index (χ0n) is 11.8. The fourth-order valence-corrected chi connectivity index (χ4v) is 3.02. The number of aromatic nitrogens is 4. The Kier molecular flexibility index (Phi) is 3.40. The summed E-state index contributed by atoms with van der Waals surface area (Å²) in [6.45, 7) is 7.57. The van der Waals surface area contributed by atoms with Gasteiger partial charge in [0.25, 0.3) is 0 Å². The monoisotopic (exact) mass is 287 g/mol. The maximum atomic E-state index is 4.63. The summed E-state index contributed by atoms with van der Waals surface area (Å²) in [5, 5.41) is 10.9. The zero-order chi connectivity index (χ0) is 14.1. The Balaban J connectivity index is 2.00. The molecule has 0 saturated heterocycles. The van der Waals surface area contributed by atoms with Gasteiger partial charge >= 0.3 is 0 Å². The van der Waals surface area contributed by atoms with Crippen molar-refractivity contribution in [3.8, 4) is 0 Å². The van der Waals surface area contributed by atoms with Gasteiger partial charge < -0.3 is 5.32 Å². The molecule has 20 heavy (non-hydrogen) atoms. The number of fused-ring (bicyclic) bond motifs is 1. The van der Waals surface area contributed by atoms with Crippen molar-refractivity contribution in [2.24, 2.45) is 0 Å². The van der Waals surface area contributed by atoms with Crippen molar-refractivity contribution in [1.82, 2.24) is 19.7 Å². The van der Waals surface area contributed by atoms with E-state index in [1.807, 2.05) is 17.0 Å². The van der Waals surface area contributed by atoms with Gasteiger partial charge in [0.2, 0.25) is 0 Å². The number of anilines is 1. The van der Waals surface area contributed by atoms with Crippen LogP contribution in [-0.2, 0) is 6.54 Å². The fourth-order valence-electron chi connectivity index (χ4n) is 2.24. The average molecular weight is 287 g/mol. The van der Waals surface area contributed by atoms with Crippen LogP contribution >= 0.6 is 11.3 Å². The lowest BCUT2D eigenvalue weighted by Gasteiger charge is -2.08. The van der Waals surface area contributed by atoms with Gasteiger partial charge in [-0.25, -0.2) is 9.97 Å². The number of hydrogen-bond acceptors (Lipinski definition) is 5. The van der Waals surface area contributed by atoms with Crippen molar-refractivity contribution in [2.75, 3.05) is 11.9 Å². The Morgan fingerprint density at radius 3 is 2.85 bits per heavy atom. The van der Waals surface area contributed by atoms with E-state index in [1.165, 1.54) is 0 Å². The summed E-state index contributed by atoms with van der Waals surface area (Å²) in [6.07, 6.45) is 0. The number of rotatable bonds is 4. The molecule has 0 aliphatic heterocycles. The third-order valence-corrected chi connectivity index (χ3v) is 3.92. The normalized spacial score (nSPS) is 11.2. The van der Waals surface area contributed by atoms with Gasteiger partial charge in [0, 0.05) is 12.2 Å². The molecule has 104 valence electrons. The minimum absolute atomic E-state index is 0.603. The molecular weight excluding hydrogens is 270 g/mol. The highest BCUT2D eigenvalue weighted by molar-refractivity contribution is 7.16. The van der Waals surface area contributed by atoms with Crippen LogP contribution in [0.1, 0.15) is 24.1 Å². The fraction of sp³-hybridized carbons (Fsp3) is 0.357. The van der Waals surface area contributed by atoms with E-state index in [4.69, 9.17) is 0 Å². The number of nitrogens with zero attached hydrogens (tertiary/aromatic N) is 4. The lowest BCUT2D eigenvalue weighted by Crippen LogP contribution is -2.10. The molecule has 0 saturated carbocycles. The molecule has 0 amide bonds. The topological polar surface area (TPSA) is 55.6 Å². The van der Waals surface area contributed by atoms with Gasteiger partial charge in [-0.2, -0.15) is 5.10 Å². The number of thiophene rings is 1. The molecule has 0 aliphatic carbocycles. The summed E-state index contributed by atoms with van der Waals surface area (Å²) in [5.41, 5.74) is 2.15. The highest BCUT2D eigenvalue weighted by Gasteiger charge is 2.10. The van der Waals surface area contributed by atoms with E-state index in [-0.39, 0.29) is 0 Å². The minimum atomic E-state index is 0.603. The van der Waals surface area contributed by atoms with E-state index in [2.05, 4.69) is 46.4 Å². The smallest absolute Gasteiger partial charge is 0.153 e. The van der Waals surface area contributed by atoms with Crippen molar-refractivity contribution < 1.29 is 0 Å². The predicted octanol–water partition coefficient (Wildman–Crippen LogP) is 2.98. The van der Waals surface area contributed by atoms with Crippen molar-refractivity contribution in [3.05, 3.63) is 34.7 Å². The lowest BCUT2D eigenvalue weighted by atomic mass is 10.3. The van der Waals surface area contributed by atoms with Crippen LogP contribution in [0.3, 0.4) is 0 Å². The minimum Gasteiger partial charge on any atom is -0.370 e. The van der Waals surface area contributed by atoms with Crippen molar-refractivity contribution in [1.29, 1.82) is 0 Å². The third-order valence-electron chi connectivity index (χ3n) is 3.11. The van der Waals surface area contributed by atoms with Crippen LogP contribution in [0.5, 0.6) is 0 Å². The zero-order valence-corrected chi connectivity index (χ0v) is 12.7. The molecule has 0 unspecified atom stereocenters. The molecule has 3 rings (SSSR count). The average Bonchev–Trinajstić information content (AvgIpc) is 2.97. The van der Waals surface area contributed by atoms with Crippen LogP contribution in [-0.4, -0.2) is 26.3 Å². The molecule has 1 N–H and O–H groups in total. The molecule has 0 bridgehead atoms. The van der Waals surface area contributed by atoms with Crippen LogP contribution in [0.25, 0.3) is 10.2 Å². The van der Waals surface area contributed by atoms with E-state index in [0.29, 0.717) is 6.54 Å². The molecule has 3 heterocycles. The second-order valence-electron chi connectivity index (χ2n) is 4.74. The number of aryl methyl sites for hydroxylation is 2. The molecule has 5 nitrogen and oxygen atoms in total. The maximum absolute atomic E-state index is 4.63. The van der Waals surface area contributed by atoms with E-state index in [1.54, 1.807) is 11.3 Å². The molecule has 6 heteroatoms. The van der Waals surface area contributed by atoms with Gasteiger partial charge in [-0.15, -0.1) is 11.3 Å². The largest absolute Gasteiger partial charge is 0.370 e. The second-order valence-corrected chi connectivity index (χ2v) is 5.64. The molecule has 0 aromatic carbocycles. The summed E-state index contributed by atoms with van der Waals surface area (Å²) in [7, 11) is 0. The highest BCUT2D eigenvalue weighted by atomic mass is 32.1. The van der Waals surface area contributed by atoms with Crippen LogP contribution in [0.15, 0.2) is 17.5 Å². The molecule has 0 radical (unpaired) electrons.